The third-order valence-electron chi connectivity index (χ3n) is 3.92. The molecule has 1 aromatic heterocycles. The van der Waals surface area contributed by atoms with Crippen LogP contribution in [0.3, 0.4) is 0 Å². The Bertz CT molecular complexity index is 982. The topological polar surface area (TPSA) is 38.7 Å². The quantitative estimate of drug-likeness (QED) is 0.491. The van der Waals surface area contributed by atoms with Gasteiger partial charge in [-0.3, -0.25) is 0 Å². The van der Waals surface area contributed by atoms with E-state index in [1.807, 2.05) is 54.6 Å². The Morgan fingerprint density at radius 1 is 0.520 bits per heavy atom. The predicted molar refractivity (Wildman–Crippen MR) is 101 cm³/mol. The van der Waals surface area contributed by atoms with Gasteiger partial charge in [0.25, 0.3) is 0 Å². The first kappa shape index (κ1) is 15.5. The van der Waals surface area contributed by atoms with E-state index in [2.05, 4.69) is 39.2 Å². The van der Waals surface area contributed by atoms with Crippen LogP contribution in [-0.2, 0) is 0 Å². The summed E-state index contributed by atoms with van der Waals surface area (Å²) in [5, 5.41) is 0.689. The third kappa shape index (κ3) is 3.42. The van der Waals surface area contributed by atoms with Crippen LogP contribution in [0.4, 0.5) is 0 Å². The van der Waals surface area contributed by atoms with E-state index < -0.39 is 0 Å². The van der Waals surface area contributed by atoms with Gasteiger partial charge in [-0.15, -0.1) is 0 Å². The summed E-state index contributed by atoms with van der Waals surface area (Å²) >= 11 is 5.94. The molecule has 3 nitrogen and oxygen atoms in total. The molecule has 0 bridgehead atoms. The summed E-state index contributed by atoms with van der Waals surface area (Å²) in [7, 11) is 0. The first-order chi connectivity index (χ1) is 12.3. The number of rotatable bonds is 3. The number of nitrogens with zero attached hydrogens (tertiary/aromatic N) is 3. The standard InChI is InChI=1S/C21H14ClN3/c22-19-12-10-18(11-13-19)21-24-14-23-20(25-21)17-8-6-16(7-9-17)15-4-2-1-3-5-15/h1-14H. The van der Waals surface area contributed by atoms with Crippen LogP contribution in [0, 0.1) is 0 Å². The fourth-order valence-corrected chi connectivity index (χ4v) is 2.74. The number of hydrogen-bond acceptors (Lipinski definition) is 3. The first-order valence-electron chi connectivity index (χ1n) is 7.90. The lowest BCUT2D eigenvalue weighted by atomic mass is 10.0. The van der Waals surface area contributed by atoms with E-state index in [0.717, 1.165) is 16.7 Å². The van der Waals surface area contributed by atoms with Gasteiger partial charge >= 0.3 is 0 Å². The van der Waals surface area contributed by atoms with Crippen molar-refractivity contribution >= 4 is 11.6 Å². The first-order valence-corrected chi connectivity index (χ1v) is 8.28. The van der Waals surface area contributed by atoms with E-state index in [1.54, 1.807) is 0 Å². The minimum Gasteiger partial charge on any atom is -0.217 e. The molecule has 0 aliphatic heterocycles. The van der Waals surface area contributed by atoms with Gasteiger partial charge in [0.05, 0.1) is 0 Å². The Hall–Kier alpha value is -3.04. The highest BCUT2D eigenvalue weighted by Gasteiger charge is 2.06. The zero-order chi connectivity index (χ0) is 17.1. The maximum atomic E-state index is 5.94. The second-order valence-electron chi connectivity index (χ2n) is 5.58. The lowest BCUT2D eigenvalue weighted by molar-refractivity contribution is 1.07. The molecule has 1 heterocycles. The molecule has 0 aliphatic rings. The van der Waals surface area contributed by atoms with Crippen LogP contribution in [0.5, 0.6) is 0 Å². The molecule has 120 valence electrons. The summed E-state index contributed by atoms with van der Waals surface area (Å²) in [5.74, 6) is 1.29. The van der Waals surface area contributed by atoms with Crippen LogP contribution in [0.25, 0.3) is 33.9 Å². The smallest absolute Gasteiger partial charge is 0.163 e. The van der Waals surface area contributed by atoms with Crippen molar-refractivity contribution in [3.63, 3.8) is 0 Å². The van der Waals surface area contributed by atoms with Gasteiger partial charge in [-0.25, -0.2) is 15.0 Å². The molecule has 4 heteroatoms. The molecule has 25 heavy (non-hydrogen) atoms. The zero-order valence-corrected chi connectivity index (χ0v) is 14.1. The van der Waals surface area contributed by atoms with Gasteiger partial charge in [0.1, 0.15) is 6.33 Å². The highest BCUT2D eigenvalue weighted by atomic mass is 35.5. The molecule has 0 amide bonds. The van der Waals surface area contributed by atoms with Crippen molar-refractivity contribution in [1.29, 1.82) is 0 Å². The van der Waals surface area contributed by atoms with Crippen LogP contribution >= 0.6 is 11.6 Å². The number of halogens is 1. The van der Waals surface area contributed by atoms with Crippen LogP contribution in [0.15, 0.2) is 85.2 Å². The van der Waals surface area contributed by atoms with Crippen molar-refractivity contribution < 1.29 is 0 Å². The van der Waals surface area contributed by atoms with Gasteiger partial charge in [-0.2, -0.15) is 0 Å². The van der Waals surface area contributed by atoms with Gasteiger partial charge < -0.3 is 0 Å². The molecule has 4 aromatic rings. The van der Waals surface area contributed by atoms with Crippen LogP contribution in [0.2, 0.25) is 5.02 Å². The monoisotopic (exact) mass is 343 g/mol. The minimum atomic E-state index is 0.633. The molecule has 0 aliphatic carbocycles. The predicted octanol–water partition coefficient (Wildman–Crippen LogP) is 5.53. The summed E-state index contributed by atoms with van der Waals surface area (Å²) < 4.78 is 0. The second-order valence-corrected chi connectivity index (χ2v) is 6.02. The van der Waals surface area contributed by atoms with E-state index in [4.69, 9.17) is 11.6 Å². The largest absolute Gasteiger partial charge is 0.217 e. The van der Waals surface area contributed by atoms with Gasteiger partial charge in [-0.1, -0.05) is 66.2 Å². The fourth-order valence-electron chi connectivity index (χ4n) is 2.62. The summed E-state index contributed by atoms with van der Waals surface area (Å²) in [6.45, 7) is 0. The van der Waals surface area contributed by atoms with E-state index in [9.17, 15) is 0 Å². The molecular formula is C21H14ClN3. The maximum absolute atomic E-state index is 5.94. The highest BCUT2D eigenvalue weighted by Crippen LogP contribution is 2.24. The fraction of sp³-hybridized carbons (Fsp3) is 0. The van der Waals surface area contributed by atoms with Gasteiger partial charge in [0.2, 0.25) is 0 Å². The summed E-state index contributed by atoms with van der Waals surface area (Å²) in [4.78, 5) is 13.2. The Labute approximate surface area is 151 Å². The molecular weight excluding hydrogens is 330 g/mol. The number of aromatic nitrogens is 3. The lowest BCUT2D eigenvalue weighted by Gasteiger charge is -2.05. The van der Waals surface area contributed by atoms with Crippen molar-refractivity contribution in [2.24, 2.45) is 0 Å². The SMILES string of the molecule is Clc1ccc(-c2ncnc(-c3ccc(-c4ccccc4)cc3)n2)cc1. The van der Waals surface area contributed by atoms with Crippen LogP contribution in [-0.4, -0.2) is 15.0 Å². The molecule has 0 atom stereocenters. The van der Waals surface area contributed by atoms with Crippen molar-refractivity contribution in [1.82, 2.24) is 15.0 Å². The molecule has 3 aromatic carbocycles. The van der Waals surface area contributed by atoms with Gasteiger partial charge in [0, 0.05) is 16.1 Å². The third-order valence-corrected chi connectivity index (χ3v) is 4.18. The maximum Gasteiger partial charge on any atom is 0.163 e. The van der Waals surface area contributed by atoms with Crippen molar-refractivity contribution in [2.75, 3.05) is 0 Å². The summed E-state index contributed by atoms with van der Waals surface area (Å²) in [6.07, 6.45) is 1.54. The highest BCUT2D eigenvalue weighted by molar-refractivity contribution is 6.30. The van der Waals surface area contributed by atoms with Crippen LogP contribution in [0.1, 0.15) is 0 Å². The Kier molecular flexibility index (Phi) is 4.23. The Morgan fingerprint density at radius 2 is 1.00 bits per heavy atom. The van der Waals surface area contributed by atoms with Crippen molar-refractivity contribution in [3.8, 4) is 33.9 Å². The number of benzene rings is 3. The van der Waals surface area contributed by atoms with E-state index >= 15 is 0 Å². The molecule has 0 saturated heterocycles. The second kappa shape index (κ2) is 6.83. The lowest BCUT2D eigenvalue weighted by Crippen LogP contribution is -1.95. The Balaban J connectivity index is 1.66. The van der Waals surface area contributed by atoms with E-state index in [1.165, 1.54) is 11.9 Å². The molecule has 0 radical (unpaired) electrons. The average Bonchev–Trinajstić information content (AvgIpc) is 2.69. The normalized spacial score (nSPS) is 10.6. The summed E-state index contributed by atoms with van der Waals surface area (Å²) in [6, 6.07) is 26.0. The van der Waals surface area contributed by atoms with Crippen molar-refractivity contribution in [3.05, 3.63) is 90.2 Å². The molecule has 0 spiro atoms. The number of hydrogen-bond donors (Lipinski definition) is 0. The van der Waals surface area contributed by atoms with Crippen molar-refractivity contribution in [2.45, 2.75) is 0 Å². The molecule has 0 unspecified atom stereocenters. The Morgan fingerprint density at radius 3 is 1.60 bits per heavy atom. The van der Waals surface area contributed by atoms with Gasteiger partial charge in [0.15, 0.2) is 11.6 Å². The molecule has 0 fully saturated rings. The molecule has 4 rings (SSSR count). The summed E-state index contributed by atoms with van der Waals surface area (Å²) in [5.41, 5.74) is 4.22. The van der Waals surface area contributed by atoms with E-state index in [0.29, 0.717) is 16.7 Å². The zero-order valence-electron chi connectivity index (χ0n) is 13.3. The molecule has 0 N–H and O–H groups in total. The van der Waals surface area contributed by atoms with Gasteiger partial charge in [-0.05, 0) is 35.4 Å². The minimum absolute atomic E-state index is 0.633. The molecule has 0 saturated carbocycles. The average molecular weight is 344 g/mol. The van der Waals surface area contributed by atoms with Crippen LogP contribution < -0.4 is 0 Å². The van der Waals surface area contributed by atoms with E-state index in [-0.39, 0.29) is 0 Å².